The highest BCUT2D eigenvalue weighted by molar-refractivity contribution is 7.89. The van der Waals surface area contributed by atoms with Gasteiger partial charge in [0, 0.05) is 5.54 Å². The molecule has 0 atom stereocenters. The Morgan fingerprint density at radius 1 is 1.00 bits per heavy atom. The maximum Gasteiger partial charge on any atom is 0.243 e. The molecule has 4 bridgehead atoms. The highest BCUT2D eigenvalue weighted by Crippen LogP contribution is 2.55. The molecule has 21 heavy (non-hydrogen) atoms. The lowest BCUT2D eigenvalue weighted by Gasteiger charge is -2.56. The molecule has 1 N–H and O–H groups in total. The number of sulfonamides is 1. The molecule has 0 saturated heterocycles. The molecule has 114 valence electrons. The predicted octanol–water partition coefficient (Wildman–Crippen LogP) is 3.07. The zero-order chi connectivity index (χ0) is 14.7. The molecule has 4 aliphatic carbocycles. The second-order valence-electron chi connectivity index (χ2n) is 7.23. The molecule has 1 aromatic carbocycles. The first-order valence-corrected chi connectivity index (χ1v) is 9.23. The van der Waals surface area contributed by atoms with Crippen molar-refractivity contribution in [2.45, 2.75) is 49.0 Å². The van der Waals surface area contributed by atoms with Crippen LogP contribution in [0.3, 0.4) is 0 Å². The van der Waals surface area contributed by atoms with Crippen LogP contribution in [-0.2, 0) is 10.0 Å². The van der Waals surface area contributed by atoms with Crippen LogP contribution < -0.4 is 4.72 Å². The summed E-state index contributed by atoms with van der Waals surface area (Å²) >= 11 is 0. The Labute approximate surface area is 125 Å². The molecule has 4 fully saturated rings. The Kier molecular flexibility index (Phi) is 2.95. The maximum atomic E-state index is 13.8. The fourth-order valence-corrected chi connectivity index (χ4v) is 6.75. The predicted molar refractivity (Wildman–Crippen MR) is 77.6 cm³/mol. The van der Waals surface area contributed by atoms with Crippen molar-refractivity contribution in [2.24, 2.45) is 17.8 Å². The number of hydrogen-bond acceptors (Lipinski definition) is 2. The molecular formula is C16H20FNO2S. The van der Waals surface area contributed by atoms with Gasteiger partial charge in [-0.25, -0.2) is 17.5 Å². The minimum absolute atomic E-state index is 0.222. The monoisotopic (exact) mass is 309 g/mol. The molecule has 0 heterocycles. The SMILES string of the molecule is O=S(=O)(NC12CC3CC(CC(C3)C1)C2)c1ccccc1F. The lowest BCUT2D eigenvalue weighted by atomic mass is 9.53. The van der Waals surface area contributed by atoms with E-state index in [1.54, 1.807) is 6.07 Å². The average Bonchev–Trinajstić information content (AvgIpc) is 2.35. The molecule has 3 nitrogen and oxygen atoms in total. The Hall–Kier alpha value is -0.940. The van der Waals surface area contributed by atoms with Crippen LogP contribution in [0, 0.1) is 23.6 Å². The molecule has 0 aliphatic heterocycles. The normalized spacial score (nSPS) is 37.9. The molecule has 5 heteroatoms. The van der Waals surface area contributed by atoms with Gasteiger partial charge in [-0.3, -0.25) is 0 Å². The quantitative estimate of drug-likeness (QED) is 0.932. The van der Waals surface area contributed by atoms with Crippen LogP contribution in [0.5, 0.6) is 0 Å². The first-order chi connectivity index (χ1) is 9.96. The zero-order valence-corrected chi connectivity index (χ0v) is 12.7. The van der Waals surface area contributed by atoms with E-state index in [9.17, 15) is 12.8 Å². The van der Waals surface area contributed by atoms with Crippen molar-refractivity contribution in [3.63, 3.8) is 0 Å². The summed E-state index contributed by atoms with van der Waals surface area (Å²) in [5.74, 6) is 1.29. The summed E-state index contributed by atoms with van der Waals surface area (Å²) < 4.78 is 41.9. The van der Waals surface area contributed by atoms with Gasteiger partial charge < -0.3 is 0 Å². The van der Waals surface area contributed by atoms with Crippen molar-refractivity contribution in [1.82, 2.24) is 4.72 Å². The van der Waals surface area contributed by atoms with E-state index in [-0.39, 0.29) is 10.4 Å². The summed E-state index contributed by atoms with van der Waals surface area (Å²) in [7, 11) is -3.78. The van der Waals surface area contributed by atoms with Gasteiger partial charge in [-0.05, 0) is 68.4 Å². The van der Waals surface area contributed by atoms with Crippen molar-refractivity contribution < 1.29 is 12.8 Å². The Morgan fingerprint density at radius 3 is 2.05 bits per heavy atom. The van der Waals surface area contributed by atoms with E-state index < -0.39 is 15.8 Å². The summed E-state index contributed by atoms with van der Waals surface area (Å²) in [6.07, 6.45) is 6.52. The van der Waals surface area contributed by atoms with Gasteiger partial charge in [0.25, 0.3) is 0 Å². The molecule has 0 aromatic heterocycles. The smallest absolute Gasteiger partial charge is 0.207 e. The first kappa shape index (κ1) is 13.7. The van der Waals surface area contributed by atoms with Crippen molar-refractivity contribution in [1.29, 1.82) is 0 Å². The van der Waals surface area contributed by atoms with Gasteiger partial charge in [0.2, 0.25) is 10.0 Å². The third-order valence-electron chi connectivity index (χ3n) is 5.52. The highest BCUT2D eigenvalue weighted by atomic mass is 32.2. The van der Waals surface area contributed by atoms with E-state index >= 15 is 0 Å². The number of nitrogens with one attached hydrogen (secondary N) is 1. The Morgan fingerprint density at radius 2 is 1.52 bits per heavy atom. The highest BCUT2D eigenvalue weighted by Gasteiger charge is 2.52. The summed E-state index contributed by atoms with van der Waals surface area (Å²) in [4.78, 5) is -0.222. The summed E-state index contributed by atoms with van der Waals surface area (Å²) in [6, 6.07) is 5.63. The van der Waals surface area contributed by atoms with Gasteiger partial charge in [0.05, 0.1) is 0 Å². The minimum atomic E-state index is -3.78. The molecular weight excluding hydrogens is 289 g/mol. The van der Waals surface area contributed by atoms with Crippen LogP contribution in [0.4, 0.5) is 4.39 Å². The van der Waals surface area contributed by atoms with Crippen LogP contribution in [-0.4, -0.2) is 14.0 Å². The molecule has 0 spiro atoms. The lowest BCUT2D eigenvalue weighted by molar-refractivity contribution is -0.00812. The largest absolute Gasteiger partial charge is 0.243 e. The summed E-state index contributed by atoms with van der Waals surface area (Å²) in [5.41, 5.74) is -0.324. The first-order valence-electron chi connectivity index (χ1n) is 7.74. The van der Waals surface area contributed by atoms with Crippen LogP contribution in [0.2, 0.25) is 0 Å². The number of rotatable bonds is 3. The third-order valence-corrected chi connectivity index (χ3v) is 7.13. The topological polar surface area (TPSA) is 46.2 Å². The van der Waals surface area contributed by atoms with Crippen molar-refractivity contribution in [3.05, 3.63) is 30.1 Å². The molecule has 0 amide bonds. The van der Waals surface area contributed by atoms with Crippen molar-refractivity contribution in [2.75, 3.05) is 0 Å². The zero-order valence-electron chi connectivity index (χ0n) is 11.9. The lowest BCUT2D eigenvalue weighted by Crippen LogP contribution is -2.59. The van der Waals surface area contributed by atoms with E-state index in [4.69, 9.17) is 0 Å². The molecule has 5 rings (SSSR count). The van der Waals surface area contributed by atoms with Crippen LogP contribution in [0.25, 0.3) is 0 Å². The van der Waals surface area contributed by atoms with Gasteiger partial charge in [-0.15, -0.1) is 0 Å². The van der Waals surface area contributed by atoms with Gasteiger partial charge in [-0.2, -0.15) is 0 Å². The summed E-state index contributed by atoms with van der Waals surface area (Å²) in [6.45, 7) is 0. The Bertz CT molecular complexity index is 635. The average molecular weight is 309 g/mol. The third kappa shape index (κ3) is 2.30. The van der Waals surface area contributed by atoms with Crippen molar-refractivity contribution >= 4 is 10.0 Å². The second kappa shape index (κ2) is 4.53. The fourth-order valence-electron chi connectivity index (χ4n) is 5.24. The molecule has 0 radical (unpaired) electrons. The number of hydrogen-bond donors (Lipinski definition) is 1. The molecule has 4 aliphatic rings. The Balaban J connectivity index is 1.65. The van der Waals surface area contributed by atoms with Gasteiger partial charge in [-0.1, -0.05) is 12.1 Å². The second-order valence-corrected chi connectivity index (χ2v) is 8.88. The summed E-state index contributed by atoms with van der Waals surface area (Å²) in [5, 5.41) is 0. The van der Waals surface area contributed by atoms with Crippen LogP contribution >= 0.6 is 0 Å². The van der Waals surface area contributed by atoms with Crippen LogP contribution in [0.1, 0.15) is 38.5 Å². The van der Waals surface area contributed by atoms with Crippen molar-refractivity contribution in [3.8, 4) is 0 Å². The number of benzene rings is 1. The van der Waals surface area contributed by atoms with Gasteiger partial charge in [0.1, 0.15) is 10.7 Å². The van der Waals surface area contributed by atoms with E-state index in [1.165, 1.54) is 37.5 Å². The van der Waals surface area contributed by atoms with E-state index in [0.29, 0.717) is 17.8 Å². The van der Waals surface area contributed by atoms with Gasteiger partial charge >= 0.3 is 0 Å². The van der Waals surface area contributed by atoms with Crippen LogP contribution in [0.15, 0.2) is 29.2 Å². The van der Waals surface area contributed by atoms with Gasteiger partial charge in [0.15, 0.2) is 0 Å². The molecule has 0 unspecified atom stereocenters. The van der Waals surface area contributed by atoms with E-state index in [2.05, 4.69) is 4.72 Å². The minimum Gasteiger partial charge on any atom is -0.207 e. The van der Waals surface area contributed by atoms with E-state index in [0.717, 1.165) is 19.3 Å². The molecule has 1 aromatic rings. The fraction of sp³-hybridized carbons (Fsp3) is 0.625. The number of halogens is 1. The standard InChI is InChI=1S/C16H20FNO2S/c17-14-3-1-2-4-15(14)21(19,20)18-16-8-11-5-12(9-16)7-13(6-11)10-16/h1-4,11-13,18H,5-10H2. The van der Waals surface area contributed by atoms with E-state index in [1.807, 2.05) is 0 Å². The maximum absolute atomic E-state index is 13.8. The molecule has 4 saturated carbocycles.